The normalized spacial score (nSPS) is 42.0. The van der Waals surface area contributed by atoms with Crippen molar-refractivity contribution in [3.8, 4) is 0 Å². The van der Waals surface area contributed by atoms with Crippen LogP contribution in [0.2, 0.25) is 0 Å². The summed E-state index contributed by atoms with van der Waals surface area (Å²) in [6, 6.07) is -0.712. The number of thioether (sulfide) groups is 1. The van der Waals surface area contributed by atoms with Crippen molar-refractivity contribution in [2.24, 2.45) is 4.99 Å². The number of aliphatic hydroxyl groups excluding tert-OH is 2. The zero-order chi connectivity index (χ0) is 12.8. The molecule has 1 saturated heterocycles. The third kappa shape index (κ3) is 2.26. The molecule has 0 spiro atoms. The van der Waals surface area contributed by atoms with Gasteiger partial charge < -0.3 is 20.3 Å². The SMILES string of the molecule is CNC1=N[C@@H]2[C@@H](O)[C@H](O)[C@@H](C(C)(F)F)O[C@@H]2S1. The second-order valence-electron chi connectivity index (χ2n) is 4.16. The van der Waals surface area contributed by atoms with E-state index in [0.717, 1.165) is 11.8 Å². The topological polar surface area (TPSA) is 74.1 Å². The van der Waals surface area contributed by atoms with E-state index in [1.807, 2.05) is 0 Å². The number of hydrogen-bond acceptors (Lipinski definition) is 6. The van der Waals surface area contributed by atoms with Crippen molar-refractivity contribution in [1.29, 1.82) is 0 Å². The first-order valence-corrected chi connectivity index (χ1v) is 6.04. The average molecular weight is 268 g/mol. The highest BCUT2D eigenvalue weighted by molar-refractivity contribution is 8.14. The minimum Gasteiger partial charge on any atom is -0.388 e. The predicted molar refractivity (Wildman–Crippen MR) is 59.2 cm³/mol. The zero-order valence-corrected chi connectivity index (χ0v) is 10.1. The molecule has 8 heteroatoms. The summed E-state index contributed by atoms with van der Waals surface area (Å²) in [5, 5.41) is 22.7. The Labute approximate surface area is 101 Å². The average Bonchev–Trinajstić information content (AvgIpc) is 2.65. The van der Waals surface area contributed by atoms with Crippen LogP contribution in [0.25, 0.3) is 0 Å². The Kier molecular flexibility index (Phi) is 3.32. The fraction of sp³-hybridized carbons (Fsp3) is 0.889. The molecule has 98 valence electrons. The molecular weight excluding hydrogens is 254 g/mol. The second kappa shape index (κ2) is 4.34. The van der Waals surface area contributed by atoms with Gasteiger partial charge in [-0.15, -0.1) is 0 Å². The number of halogens is 2. The van der Waals surface area contributed by atoms with Crippen LogP contribution in [0.5, 0.6) is 0 Å². The van der Waals surface area contributed by atoms with Gasteiger partial charge in [-0.1, -0.05) is 11.8 Å². The number of hydrogen-bond donors (Lipinski definition) is 3. The van der Waals surface area contributed by atoms with E-state index in [9.17, 15) is 19.0 Å². The van der Waals surface area contributed by atoms with Gasteiger partial charge in [-0.3, -0.25) is 4.99 Å². The predicted octanol–water partition coefficient (Wildman–Crippen LogP) is -0.221. The van der Waals surface area contributed by atoms with E-state index in [4.69, 9.17) is 4.74 Å². The van der Waals surface area contributed by atoms with E-state index in [1.54, 1.807) is 7.05 Å². The molecule has 2 aliphatic rings. The number of nitrogens with zero attached hydrogens (tertiary/aromatic N) is 1. The van der Waals surface area contributed by atoms with Gasteiger partial charge in [0.25, 0.3) is 5.92 Å². The fourth-order valence-corrected chi connectivity index (χ4v) is 2.96. The van der Waals surface area contributed by atoms with Crippen LogP contribution in [-0.2, 0) is 4.74 Å². The van der Waals surface area contributed by atoms with Crippen molar-refractivity contribution in [1.82, 2.24) is 5.32 Å². The van der Waals surface area contributed by atoms with Crippen LogP contribution in [-0.4, -0.2) is 58.1 Å². The molecular formula is C9H14F2N2O3S. The molecule has 0 aromatic heterocycles. The van der Waals surface area contributed by atoms with E-state index in [2.05, 4.69) is 10.3 Å². The molecule has 0 radical (unpaired) electrons. The number of ether oxygens (including phenoxy) is 1. The molecule has 0 amide bonds. The lowest BCUT2D eigenvalue weighted by molar-refractivity contribution is -0.226. The molecule has 0 aliphatic carbocycles. The van der Waals surface area contributed by atoms with Crippen LogP contribution in [0.1, 0.15) is 6.92 Å². The van der Waals surface area contributed by atoms with Gasteiger partial charge >= 0.3 is 0 Å². The van der Waals surface area contributed by atoms with E-state index in [1.165, 1.54) is 0 Å². The van der Waals surface area contributed by atoms with E-state index < -0.39 is 35.7 Å². The van der Waals surface area contributed by atoms with Gasteiger partial charge in [-0.2, -0.15) is 0 Å². The van der Waals surface area contributed by atoms with Crippen molar-refractivity contribution >= 4 is 16.9 Å². The molecule has 5 atom stereocenters. The molecule has 2 heterocycles. The van der Waals surface area contributed by atoms with Crippen molar-refractivity contribution in [3.63, 3.8) is 0 Å². The molecule has 2 rings (SSSR count). The Morgan fingerprint density at radius 2 is 2.06 bits per heavy atom. The lowest BCUT2D eigenvalue weighted by Gasteiger charge is -2.40. The number of amidine groups is 1. The number of nitrogens with one attached hydrogen (secondary N) is 1. The maximum absolute atomic E-state index is 13.2. The van der Waals surface area contributed by atoms with Gasteiger partial charge in [-0.25, -0.2) is 8.78 Å². The Hall–Kier alpha value is -0.440. The van der Waals surface area contributed by atoms with Crippen LogP contribution in [0.4, 0.5) is 8.78 Å². The van der Waals surface area contributed by atoms with Gasteiger partial charge in [0, 0.05) is 14.0 Å². The highest BCUT2D eigenvalue weighted by Gasteiger charge is 2.54. The van der Waals surface area contributed by atoms with Crippen molar-refractivity contribution < 1.29 is 23.7 Å². The van der Waals surface area contributed by atoms with E-state index >= 15 is 0 Å². The fourth-order valence-electron chi connectivity index (χ4n) is 1.90. The Morgan fingerprint density at radius 3 is 2.59 bits per heavy atom. The summed E-state index contributed by atoms with van der Waals surface area (Å²) < 4.78 is 31.6. The lowest BCUT2D eigenvalue weighted by atomic mass is 9.95. The number of fused-ring (bicyclic) bond motifs is 1. The molecule has 1 fully saturated rings. The quantitative estimate of drug-likeness (QED) is 0.613. The van der Waals surface area contributed by atoms with Crippen LogP contribution in [0.3, 0.4) is 0 Å². The third-order valence-electron chi connectivity index (χ3n) is 2.78. The molecule has 0 saturated carbocycles. The monoisotopic (exact) mass is 268 g/mol. The summed E-state index contributed by atoms with van der Waals surface area (Å²) in [7, 11) is 1.64. The molecule has 5 nitrogen and oxygen atoms in total. The van der Waals surface area contributed by atoms with Crippen molar-refractivity contribution in [2.75, 3.05) is 7.05 Å². The van der Waals surface area contributed by atoms with Gasteiger partial charge in [0.1, 0.15) is 23.7 Å². The number of rotatable bonds is 1. The number of aliphatic hydroxyl groups is 2. The molecule has 3 N–H and O–H groups in total. The standard InChI is InChI=1S/C9H14F2N2O3S/c1-9(10,11)6-5(15)4(14)3-7(16-6)17-8(12-2)13-3/h3-7,14-15H,1-2H3,(H,12,13)/t3-,4-,5+,6+,7-/m1/s1. The van der Waals surface area contributed by atoms with Crippen molar-refractivity contribution in [3.05, 3.63) is 0 Å². The summed E-state index contributed by atoms with van der Waals surface area (Å²) in [5.41, 5.74) is -0.688. The maximum atomic E-state index is 13.2. The minimum absolute atomic E-state index is 0.506. The van der Waals surface area contributed by atoms with Gasteiger partial charge in [0.15, 0.2) is 11.3 Å². The lowest BCUT2D eigenvalue weighted by Crippen LogP contribution is -2.59. The smallest absolute Gasteiger partial charge is 0.273 e. The maximum Gasteiger partial charge on any atom is 0.273 e. The molecule has 0 aromatic rings. The summed E-state index contributed by atoms with van der Waals surface area (Å²) >= 11 is 1.13. The Bertz CT molecular complexity index is 337. The van der Waals surface area contributed by atoms with Gasteiger partial charge in [0.05, 0.1) is 0 Å². The zero-order valence-electron chi connectivity index (χ0n) is 9.30. The first-order valence-electron chi connectivity index (χ1n) is 5.16. The number of alkyl halides is 2. The summed E-state index contributed by atoms with van der Waals surface area (Å²) in [6.07, 6.45) is -4.70. The molecule has 0 aromatic carbocycles. The summed E-state index contributed by atoms with van der Waals surface area (Å²) in [4.78, 5) is 4.07. The molecule has 0 bridgehead atoms. The van der Waals surface area contributed by atoms with Crippen LogP contribution in [0.15, 0.2) is 4.99 Å². The van der Waals surface area contributed by atoms with Crippen LogP contribution in [0, 0.1) is 0 Å². The Morgan fingerprint density at radius 1 is 1.41 bits per heavy atom. The molecule has 0 unspecified atom stereocenters. The van der Waals surface area contributed by atoms with E-state index in [0.29, 0.717) is 12.1 Å². The second-order valence-corrected chi connectivity index (χ2v) is 5.24. The minimum atomic E-state index is -3.21. The summed E-state index contributed by atoms with van der Waals surface area (Å²) in [6.45, 7) is 0.660. The van der Waals surface area contributed by atoms with Crippen LogP contribution < -0.4 is 5.32 Å². The molecule has 17 heavy (non-hydrogen) atoms. The molecule has 2 aliphatic heterocycles. The highest BCUT2D eigenvalue weighted by atomic mass is 32.2. The van der Waals surface area contributed by atoms with Gasteiger partial charge in [-0.05, 0) is 0 Å². The number of aliphatic imine (C=N–C) groups is 1. The third-order valence-corrected chi connectivity index (χ3v) is 3.93. The van der Waals surface area contributed by atoms with E-state index in [-0.39, 0.29) is 0 Å². The summed E-state index contributed by atoms with van der Waals surface area (Å²) in [5.74, 6) is -3.21. The van der Waals surface area contributed by atoms with Crippen molar-refractivity contribution in [2.45, 2.75) is 42.6 Å². The largest absolute Gasteiger partial charge is 0.388 e. The van der Waals surface area contributed by atoms with Gasteiger partial charge in [0.2, 0.25) is 0 Å². The first kappa shape index (κ1) is 13.0. The van der Waals surface area contributed by atoms with Crippen LogP contribution >= 0.6 is 11.8 Å². The Balaban J connectivity index is 2.18. The first-order chi connectivity index (χ1) is 7.84. The highest BCUT2D eigenvalue weighted by Crippen LogP contribution is 2.39.